The van der Waals surface area contributed by atoms with Crippen LogP contribution in [-0.2, 0) is 19.6 Å². The predicted molar refractivity (Wildman–Crippen MR) is 112 cm³/mol. The van der Waals surface area contributed by atoms with Crippen molar-refractivity contribution in [2.45, 2.75) is 64.2 Å². The van der Waals surface area contributed by atoms with Crippen LogP contribution in [0.5, 0.6) is 0 Å². The molecule has 1 saturated carbocycles. The molecule has 5 rings (SSSR count). The Bertz CT molecular complexity index is 1050. The van der Waals surface area contributed by atoms with Crippen molar-refractivity contribution in [1.82, 2.24) is 24.3 Å². The molecule has 3 aromatic rings. The van der Waals surface area contributed by atoms with Gasteiger partial charge in [0.25, 0.3) is 0 Å². The summed E-state index contributed by atoms with van der Waals surface area (Å²) in [5.41, 5.74) is 3.03. The Morgan fingerprint density at radius 3 is 2.83 bits per heavy atom. The number of anilines is 2. The van der Waals surface area contributed by atoms with Crippen LogP contribution >= 0.6 is 0 Å². The van der Waals surface area contributed by atoms with E-state index in [0.29, 0.717) is 37.9 Å². The van der Waals surface area contributed by atoms with E-state index in [1.807, 2.05) is 23.1 Å². The second kappa shape index (κ2) is 7.21. The first-order chi connectivity index (χ1) is 14.4. The molecule has 0 saturated heterocycles. The summed E-state index contributed by atoms with van der Waals surface area (Å²) >= 11 is 0. The molecule has 4 heterocycles. The highest BCUT2D eigenvalue weighted by atomic mass is 19.3. The van der Waals surface area contributed by atoms with Gasteiger partial charge in [0, 0.05) is 63.5 Å². The summed E-state index contributed by atoms with van der Waals surface area (Å²) in [5.74, 6) is -0.677. The Balaban J connectivity index is 1.25. The van der Waals surface area contributed by atoms with Crippen molar-refractivity contribution in [2.24, 2.45) is 5.92 Å². The van der Waals surface area contributed by atoms with Gasteiger partial charge in [0.2, 0.25) is 11.9 Å². The monoisotopic (exact) mass is 415 g/mol. The summed E-state index contributed by atoms with van der Waals surface area (Å²) in [5, 5.41) is 7.73. The molecule has 0 spiro atoms. The molecule has 1 fully saturated rings. The van der Waals surface area contributed by atoms with E-state index in [-0.39, 0.29) is 18.8 Å². The molecular weight excluding hydrogens is 388 g/mol. The highest BCUT2D eigenvalue weighted by Gasteiger charge is 2.35. The van der Waals surface area contributed by atoms with E-state index in [1.54, 1.807) is 0 Å². The zero-order chi connectivity index (χ0) is 20.9. The van der Waals surface area contributed by atoms with Crippen LogP contribution < -0.4 is 10.2 Å². The second-order valence-corrected chi connectivity index (χ2v) is 8.76. The predicted octanol–water partition coefficient (Wildman–Crippen LogP) is 3.90. The maximum absolute atomic E-state index is 13.3. The van der Waals surface area contributed by atoms with E-state index < -0.39 is 5.92 Å². The largest absolute Gasteiger partial charge is 0.353 e. The Morgan fingerprint density at radius 2 is 2.03 bits per heavy atom. The van der Waals surface area contributed by atoms with Crippen molar-refractivity contribution < 1.29 is 8.78 Å². The molecular formula is C21H27F2N7. The molecule has 160 valence electrons. The molecule has 0 radical (unpaired) electrons. The molecule has 1 aliphatic carbocycles. The van der Waals surface area contributed by atoms with Gasteiger partial charge in [-0.25, -0.2) is 13.8 Å². The van der Waals surface area contributed by atoms with Crippen LogP contribution in [0.2, 0.25) is 0 Å². The number of nitrogens with one attached hydrogen (secondary N) is 1. The maximum atomic E-state index is 13.3. The zero-order valence-electron chi connectivity index (χ0n) is 17.4. The van der Waals surface area contributed by atoms with E-state index in [0.717, 1.165) is 29.0 Å². The molecule has 1 atom stereocenters. The number of hydrogen-bond donors (Lipinski definition) is 1. The molecule has 30 heavy (non-hydrogen) atoms. The first-order valence-electron chi connectivity index (χ1n) is 10.6. The van der Waals surface area contributed by atoms with Gasteiger partial charge in [0.15, 0.2) is 5.82 Å². The molecule has 9 heteroatoms. The lowest BCUT2D eigenvalue weighted by Crippen LogP contribution is -2.37. The summed E-state index contributed by atoms with van der Waals surface area (Å²) in [6.07, 6.45) is 6.96. The first kappa shape index (κ1) is 19.3. The summed E-state index contributed by atoms with van der Waals surface area (Å²) in [6, 6.07) is 2.40. The van der Waals surface area contributed by atoms with Crippen LogP contribution in [0.25, 0.3) is 11.0 Å². The number of hydrogen-bond acceptors (Lipinski definition) is 5. The summed E-state index contributed by atoms with van der Waals surface area (Å²) in [6.45, 7) is 4.37. The van der Waals surface area contributed by atoms with Crippen molar-refractivity contribution in [3.8, 4) is 0 Å². The van der Waals surface area contributed by atoms with Gasteiger partial charge in [-0.3, -0.25) is 4.68 Å². The minimum absolute atomic E-state index is 0.00964. The van der Waals surface area contributed by atoms with Crippen molar-refractivity contribution in [3.05, 3.63) is 30.2 Å². The molecule has 3 aromatic heterocycles. The molecule has 0 aromatic carbocycles. The van der Waals surface area contributed by atoms with Gasteiger partial charge >= 0.3 is 0 Å². The summed E-state index contributed by atoms with van der Waals surface area (Å²) < 4.78 is 30.8. The highest BCUT2D eigenvalue weighted by molar-refractivity contribution is 5.89. The van der Waals surface area contributed by atoms with Crippen LogP contribution in [0.3, 0.4) is 0 Å². The smallest absolute Gasteiger partial charge is 0.248 e. The number of aromatic nitrogens is 5. The zero-order valence-corrected chi connectivity index (χ0v) is 17.4. The number of nitrogens with zero attached hydrogens (tertiary/aromatic N) is 6. The second-order valence-electron chi connectivity index (χ2n) is 8.76. The standard InChI is InChI=1S/C21H27F2N7/c1-14-11-29-8-5-17-18(29)19(28(14)2)27-20(26-17)24-9-16-10-25-30(13-16)12-15-3-6-21(22,23)7-4-15/h5,8,10,13-15H,3-4,6-7,9,11-12H2,1-2H3,(H,24,26,27)/t14-/m0/s1. The Kier molecular flexibility index (Phi) is 4.63. The highest BCUT2D eigenvalue weighted by Crippen LogP contribution is 2.36. The third kappa shape index (κ3) is 3.61. The van der Waals surface area contributed by atoms with E-state index in [2.05, 4.69) is 45.0 Å². The van der Waals surface area contributed by atoms with E-state index in [1.165, 1.54) is 0 Å². The summed E-state index contributed by atoms with van der Waals surface area (Å²) in [7, 11) is 2.07. The Labute approximate surface area is 174 Å². The lowest BCUT2D eigenvalue weighted by molar-refractivity contribution is -0.0476. The molecule has 7 nitrogen and oxygen atoms in total. The van der Waals surface area contributed by atoms with E-state index >= 15 is 0 Å². The SMILES string of the molecule is C[C@H]1Cn2ccc3nc(NCc4cnn(CC5CCC(F)(F)CC5)c4)nc(c32)N1C. The number of alkyl halides is 2. The van der Waals surface area contributed by atoms with E-state index in [4.69, 9.17) is 4.98 Å². The molecule has 0 bridgehead atoms. The van der Waals surface area contributed by atoms with Gasteiger partial charge in [-0.1, -0.05) is 0 Å². The number of likely N-dealkylation sites (N-methyl/N-ethyl adjacent to an activating group) is 1. The summed E-state index contributed by atoms with van der Waals surface area (Å²) in [4.78, 5) is 11.6. The minimum atomic E-state index is -2.48. The third-order valence-corrected chi connectivity index (χ3v) is 6.47. The van der Waals surface area contributed by atoms with Crippen molar-refractivity contribution in [3.63, 3.8) is 0 Å². The van der Waals surface area contributed by atoms with Gasteiger partial charge in [0.1, 0.15) is 5.52 Å². The van der Waals surface area contributed by atoms with Gasteiger partial charge in [-0.2, -0.15) is 10.1 Å². The van der Waals surface area contributed by atoms with Gasteiger partial charge in [-0.15, -0.1) is 0 Å². The Morgan fingerprint density at radius 1 is 1.23 bits per heavy atom. The van der Waals surface area contributed by atoms with Crippen molar-refractivity contribution >= 4 is 22.8 Å². The average molecular weight is 415 g/mol. The van der Waals surface area contributed by atoms with Crippen LogP contribution in [0, 0.1) is 5.92 Å². The fourth-order valence-electron chi connectivity index (χ4n) is 4.51. The quantitative estimate of drug-likeness (QED) is 0.685. The van der Waals surface area contributed by atoms with Crippen LogP contribution in [0.1, 0.15) is 38.2 Å². The fourth-order valence-corrected chi connectivity index (χ4v) is 4.51. The van der Waals surface area contributed by atoms with Crippen LogP contribution in [0.4, 0.5) is 20.5 Å². The molecule has 1 aliphatic heterocycles. The number of rotatable bonds is 5. The Hall–Kier alpha value is -2.71. The molecule has 0 amide bonds. The minimum Gasteiger partial charge on any atom is -0.353 e. The molecule has 1 N–H and O–H groups in total. The van der Waals surface area contributed by atoms with Crippen LogP contribution in [0.15, 0.2) is 24.7 Å². The topological polar surface area (TPSA) is 63.8 Å². The maximum Gasteiger partial charge on any atom is 0.248 e. The number of halogens is 2. The fraction of sp³-hybridized carbons (Fsp3) is 0.571. The molecule has 0 unspecified atom stereocenters. The van der Waals surface area contributed by atoms with Gasteiger partial charge in [-0.05, 0) is 31.7 Å². The average Bonchev–Trinajstić information content (AvgIpc) is 3.33. The third-order valence-electron chi connectivity index (χ3n) is 6.47. The van der Waals surface area contributed by atoms with Crippen molar-refractivity contribution in [2.75, 3.05) is 17.3 Å². The molecule has 2 aliphatic rings. The van der Waals surface area contributed by atoms with Crippen LogP contribution in [-0.4, -0.2) is 43.3 Å². The normalized spacial score (nSPS) is 21.3. The van der Waals surface area contributed by atoms with Gasteiger partial charge in [0.05, 0.1) is 11.7 Å². The lowest BCUT2D eigenvalue weighted by Gasteiger charge is -2.32. The van der Waals surface area contributed by atoms with Crippen molar-refractivity contribution in [1.29, 1.82) is 0 Å². The lowest BCUT2D eigenvalue weighted by atomic mass is 9.87. The van der Waals surface area contributed by atoms with Gasteiger partial charge < -0.3 is 14.8 Å². The first-order valence-corrected chi connectivity index (χ1v) is 10.6. The van der Waals surface area contributed by atoms with E-state index in [9.17, 15) is 8.78 Å².